The number of hydrogen-bond donors (Lipinski definition) is 3. The van der Waals surface area contributed by atoms with E-state index in [1.54, 1.807) is 13.1 Å². The van der Waals surface area contributed by atoms with Gasteiger partial charge in [0, 0.05) is 13.3 Å². The maximum absolute atomic E-state index is 10.5. The second-order valence-corrected chi connectivity index (χ2v) is 2.33. The Morgan fingerprint density at radius 3 is 2.85 bits per heavy atom. The molecule has 0 radical (unpaired) electrons. The minimum atomic E-state index is -1.09. The highest BCUT2D eigenvalue weighted by Gasteiger charge is 2.07. The fourth-order valence-electron chi connectivity index (χ4n) is 0.915. The molecule has 5 nitrogen and oxygen atoms in total. The van der Waals surface area contributed by atoms with Gasteiger partial charge in [0.1, 0.15) is 11.4 Å². The molecule has 68 valence electrons. The standard InChI is InChI=1S/C8H9N3O2/c1-10-5-2-3-6(8(12)13)11-7(5)4-9/h2-4,9-10H,1H3,(H,12,13). The average Bonchev–Trinajstić information content (AvgIpc) is 2.16. The summed E-state index contributed by atoms with van der Waals surface area (Å²) >= 11 is 0. The first-order chi connectivity index (χ1) is 6.19. The Hall–Kier alpha value is -1.91. The zero-order chi connectivity index (χ0) is 9.84. The van der Waals surface area contributed by atoms with Gasteiger partial charge in [-0.05, 0) is 12.1 Å². The van der Waals surface area contributed by atoms with E-state index in [0.717, 1.165) is 6.21 Å². The quantitative estimate of drug-likeness (QED) is 0.599. The lowest BCUT2D eigenvalue weighted by atomic mass is 10.2. The number of carbonyl (C=O) groups is 1. The Labute approximate surface area is 74.9 Å². The number of aromatic nitrogens is 1. The maximum atomic E-state index is 10.5. The van der Waals surface area contributed by atoms with Crippen LogP contribution in [0.1, 0.15) is 16.2 Å². The minimum absolute atomic E-state index is 0.0579. The van der Waals surface area contributed by atoms with Gasteiger partial charge < -0.3 is 15.8 Å². The highest BCUT2D eigenvalue weighted by molar-refractivity contribution is 5.89. The van der Waals surface area contributed by atoms with Crippen LogP contribution in [0.2, 0.25) is 0 Å². The van der Waals surface area contributed by atoms with Crippen molar-refractivity contribution in [1.29, 1.82) is 5.41 Å². The number of pyridine rings is 1. The Balaban J connectivity index is 3.20. The van der Waals surface area contributed by atoms with Gasteiger partial charge in [-0.2, -0.15) is 0 Å². The van der Waals surface area contributed by atoms with E-state index >= 15 is 0 Å². The maximum Gasteiger partial charge on any atom is 0.354 e. The van der Waals surface area contributed by atoms with E-state index in [1.165, 1.54) is 6.07 Å². The fraction of sp³-hybridized carbons (Fsp3) is 0.125. The Bertz CT molecular complexity index is 349. The zero-order valence-corrected chi connectivity index (χ0v) is 7.03. The van der Waals surface area contributed by atoms with E-state index in [9.17, 15) is 4.79 Å². The summed E-state index contributed by atoms with van der Waals surface area (Å²) in [7, 11) is 1.68. The molecule has 0 aliphatic rings. The van der Waals surface area contributed by atoms with E-state index in [-0.39, 0.29) is 5.69 Å². The van der Waals surface area contributed by atoms with Crippen LogP contribution in [-0.4, -0.2) is 29.3 Å². The van der Waals surface area contributed by atoms with Crippen molar-refractivity contribution < 1.29 is 9.90 Å². The minimum Gasteiger partial charge on any atom is -0.477 e. The lowest BCUT2D eigenvalue weighted by Crippen LogP contribution is -2.05. The second kappa shape index (κ2) is 3.66. The molecule has 0 aliphatic heterocycles. The number of carboxylic acids is 1. The first-order valence-corrected chi connectivity index (χ1v) is 3.61. The van der Waals surface area contributed by atoms with E-state index in [0.29, 0.717) is 11.4 Å². The molecule has 0 bridgehead atoms. The van der Waals surface area contributed by atoms with Gasteiger partial charge in [-0.15, -0.1) is 0 Å². The molecule has 0 spiro atoms. The largest absolute Gasteiger partial charge is 0.477 e. The Kier molecular flexibility index (Phi) is 2.59. The van der Waals surface area contributed by atoms with E-state index in [1.807, 2.05) is 0 Å². The van der Waals surface area contributed by atoms with Crippen molar-refractivity contribution in [2.45, 2.75) is 0 Å². The van der Waals surface area contributed by atoms with Crippen LogP contribution in [0, 0.1) is 5.41 Å². The van der Waals surface area contributed by atoms with Gasteiger partial charge in [0.25, 0.3) is 0 Å². The molecule has 1 aromatic heterocycles. The number of hydrogen-bond acceptors (Lipinski definition) is 4. The summed E-state index contributed by atoms with van der Waals surface area (Å²) in [6.45, 7) is 0. The van der Waals surface area contributed by atoms with Crippen LogP contribution in [0.3, 0.4) is 0 Å². The summed E-state index contributed by atoms with van der Waals surface area (Å²) in [5.41, 5.74) is 0.903. The van der Waals surface area contributed by atoms with Crippen molar-refractivity contribution in [2.75, 3.05) is 12.4 Å². The van der Waals surface area contributed by atoms with Gasteiger partial charge in [-0.25, -0.2) is 9.78 Å². The molecule has 1 aromatic rings. The molecule has 0 saturated heterocycles. The van der Waals surface area contributed by atoms with Gasteiger partial charge in [-0.3, -0.25) is 0 Å². The van der Waals surface area contributed by atoms with Gasteiger partial charge in [-0.1, -0.05) is 0 Å². The molecule has 0 saturated carbocycles. The summed E-state index contributed by atoms with van der Waals surface area (Å²) < 4.78 is 0. The molecule has 0 amide bonds. The van der Waals surface area contributed by atoms with Crippen molar-refractivity contribution in [3.05, 3.63) is 23.5 Å². The van der Waals surface area contributed by atoms with Crippen molar-refractivity contribution in [3.8, 4) is 0 Å². The van der Waals surface area contributed by atoms with Crippen molar-refractivity contribution in [3.63, 3.8) is 0 Å². The van der Waals surface area contributed by atoms with Crippen molar-refractivity contribution >= 4 is 17.9 Å². The number of nitrogens with one attached hydrogen (secondary N) is 2. The summed E-state index contributed by atoms with van der Waals surface area (Å²) in [6, 6.07) is 2.97. The summed E-state index contributed by atoms with van der Waals surface area (Å²) in [4.78, 5) is 14.3. The van der Waals surface area contributed by atoms with Crippen LogP contribution in [0.5, 0.6) is 0 Å². The predicted molar refractivity (Wildman–Crippen MR) is 48.6 cm³/mol. The zero-order valence-electron chi connectivity index (χ0n) is 7.03. The third-order valence-electron chi connectivity index (χ3n) is 1.55. The lowest BCUT2D eigenvalue weighted by molar-refractivity contribution is 0.0690. The summed E-state index contributed by atoms with van der Waals surface area (Å²) in [5, 5.41) is 18.4. The van der Waals surface area contributed by atoms with Gasteiger partial charge in [0.05, 0.1) is 5.69 Å². The predicted octanol–water partition coefficient (Wildman–Crippen LogP) is 0.819. The van der Waals surface area contributed by atoms with Crippen LogP contribution in [-0.2, 0) is 0 Å². The number of carboxylic acid groups (broad SMARTS) is 1. The van der Waals surface area contributed by atoms with Crippen LogP contribution in [0.15, 0.2) is 12.1 Å². The van der Waals surface area contributed by atoms with Crippen LogP contribution < -0.4 is 5.32 Å². The van der Waals surface area contributed by atoms with Crippen molar-refractivity contribution in [2.24, 2.45) is 0 Å². The first-order valence-electron chi connectivity index (χ1n) is 3.61. The van der Waals surface area contributed by atoms with E-state index < -0.39 is 5.97 Å². The SMILES string of the molecule is CNc1ccc(C(=O)O)nc1C=N. The molecule has 1 heterocycles. The third-order valence-corrected chi connectivity index (χ3v) is 1.55. The number of anilines is 1. The molecule has 0 fully saturated rings. The first kappa shape index (κ1) is 9.18. The lowest BCUT2D eigenvalue weighted by Gasteiger charge is -2.03. The number of nitrogens with zero attached hydrogens (tertiary/aromatic N) is 1. The molecule has 0 unspecified atom stereocenters. The molecule has 5 heteroatoms. The van der Waals surface area contributed by atoms with E-state index in [4.69, 9.17) is 10.5 Å². The highest BCUT2D eigenvalue weighted by atomic mass is 16.4. The molecule has 3 N–H and O–H groups in total. The van der Waals surface area contributed by atoms with Crippen molar-refractivity contribution in [1.82, 2.24) is 4.98 Å². The van der Waals surface area contributed by atoms with Gasteiger partial charge in [0.2, 0.25) is 0 Å². The monoisotopic (exact) mass is 179 g/mol. The normalized spacial score (nSPS) is 9.31. The van der Waals surface area contributed by atoms with Gasteiger partial charge >= 0.3 is 5.97 Å². The summed E-state index contributed by atoms with van der Waals surface area (Å²) in [5.74, 6) is -1.09. The molecule has 0 atom stereocenters. The molecular formula is C8H9N3O2. The number of rotatable bonds is 3. The molecule has 0 aromatic carbocycles. The number of aromatic carboxylic acids is 1. The van der Waals surface area contributed by atoms with Crippen LogP contribution >= 0.6 is 0 Å². The molecular weight excluding hydrogens is 170 g/mol. The Morgan fingerprint density at radius 1 is 1.69 bits per heavy atom. The highest BCUT2D eigenvalue weighted by Crippen LogP contribution is 2.10. The smallest absolute Gasteiger partial charge is 0.354 e. The fourth-order valence-corrected chi connectivity index (χ4v) is 0.915. The average molecular weight is 179 g/mol. The van der Waals surface area contributed by atoms with Gasteiger partial charge in [0.15, 0.2) is 0 Å². The van der Waals surface area contributed by atoms with E-state index in [2.05, 4.69) is 10.3 Å². The topological polar surface area (TPSA) is 86.1 Å². The third kappa shape index (κ3) is 1.81. The summed E-state index contributed by atoms with van der Waals surface area (Å²) in [6.07, 6.45) is 1.01. The second-order valence-electron chi connectivity index (χ2n) is 2.33. The molecule has 13 heavy (non-hydrogen) atoms. The van der Waals surface area contributed by atoms with Crippen LogP contribution in [0.25, 0.3) is 0 Å². The molecule has 1 rings (SSSR count). The Morgan fingerprint density at radius 2 is 2.38 bits per heavy atom. The van der Waals surface area contributed by atoms with Crippen LogP contribution in [0.4, 0.5) is 5.69 Å². The molecule has 0 aliphatic carbocycles.